The van der Waals surface area contributed by atoms with Crippen LogP contribution in [0.5, 0.6) is 5.75 Å². The van der Waals surface area contributed by atoms with Crippen LogP contribution in [0.25, 0.3) is 22.2 Å². The highest BCUT2D eigenvalue weighted by atomic mass is 16.5. The highest BCUT2D eigenvalue weighted by Crippen LogP contribution is 2.38. The molecule has 1 atom stereocenters. The number of fused-ring (bicyclic) bond motifs is 1. The van der Waals surface area contributed by atoms with Crippen molar-refractivity contribution in [3.8, 4) is 16.9 Å². The summed E-state index contributed by atoms with van der Waals surface area (Å²) in [5.74, 6) is 2.45. The summed E-state index contributed by atoms with van der Waals surface area (Å²) in [5, 5.41) is 6.85. The third kappa shape index (κ3) is 5.98. The number of nitrogens with zero attached hydrogens (tertiary/aromatic N) is 6. The van der Waals surface area contributed by atoms with Gasteiger partial charge < -0.3 is 29.9 Å². The Hall–Kier alpha value is -3.21. The molecule has 1 unspecified atom stereocenters. The van der Waals surface area contributed by atoms with Crippen LogP contribution in [0, 0.1) is 0 Å². The molecule has 0 bridgehead atoms. The molecule has 2 aromatic heterocycles. The average Bonchev–Trinajstić information content (AvgIpc) is 3.04. The van der Waals surface area contributed by atoms with E-state index in [-0.39, 0.29) is 6.04 Å². The zero-order valence-electron chi connectivity index (χ0n) is 25.7. The summed E-state index contributed by atoms with van der Waals surface area (Å²) in [4.78, 5) is 22.6. The molecular formula is C32H46N8O2. The Morgan fingerprint density at radius 3 is 2.50 bits per heavy atom. The molecule has 3 aliphatic heterocycles. The number of nitrogens with one attached hydrogen (secondary N) is 2. The van der Waals surface area contributed by atoms with Crippen molar-refractivity contribution in [2.75, 3.05) is 89.2 Å². The first-order valence-corrected chi connectivity index (χ1v) is 15.7. The van der Waals surface area contributed by atoms with Crippen LogP contribution >= 0.6 is 0 Å². The molecule has 0 amide bonds. The van der Waals surface area contributed by atoms with E-state index in [0.717, 1.165) is 89.9 Å². The van der Waals surface area contributed by atoms with Crippen LogP contribution in [0.15, 0.2) is 24.4 Å². The minimum atomic E-state index is 0.240. The van der Waals surface area contributed by atoms with Gasteiger partial charge in [-0.25, -0.2) is 15.0 Å². The second-order valence-electron chi connectivity index (χ2n) is 11.8. The molecule has 3 fully saturated rings. The molecule has 3 aliphatic rings. The number of likely N-dealkylation sites (N-methyl/N-ethyl adjacent to an activating group) is 1. The lowest BCUT2D eigenvalue weighted by Crippen LogP contribution is -2.52. The van der Waals surface area contributed by atoms with E-state index in [2.05, 4.69) is 57.5 Å². The number of hydrogen-bond acceptors (Lipinski definition) is 10. The average molecular weight is 575 g/mol. The zero-order chi connectivity index (χ0) is 29.1. The molecule has 2 N–H and O–H groups in total. The van der Waals surface area contributed by atoms with Crippen molar-refractivity contribution in [1.82, 2.24) is 24.8 Å². The Morgan fingerprint density at radius 2 is 1.81 bits per heavy atom. The van der Waals surface area contributed by atoms with Gasteiger partial charge in [-0.2, -0.15) is 0 Å². The summed E-state index contributed by atoms with van der Waals surface area (Å²) in [5.41, 5.74) is 5.67. The maximum atomic E-state index is 5.98. The van der Waals surface area contributed by atoms with Crippen LogP contribution in [0.3, 0.4) is 0 Å². The molecule has 10 nitrogen and oxygen atoms in total. The van der Waals surface area contributed by atoms with Gasteiger partial charge in [0.05, 0.1) is 31.1 Å². The first kappa shape index (κ1) is 28.9. The number of ether oxygens (including phenoxy) is 2. The van der Waals surface area contributed by atoms with Gasteiger partial charge in [0, 0.05) is 70.7 Å². The molecular weight excluding hydrogens is 528 g/mol. The van der Waals surface area contributed by atoms with Gasteiger partial charge in [0.25, 0.3) is 0 Å². The Balaban J connectivity index is 1.28. The highest BCUT2D eigenvalue weighted by molar-refractivity contribution is 5.98. The van der Waals surface area contributed by atoms with Crippen molar-refractivity contribution in [1.29, 1.82) is 0 Å². The second-order valence-corrected chi connectivity index (χ2v) is 11.8. The normalized spacial score (nSPS) is 21.0. The maximum Gasteiger partial charge on any atom is 0.153 e. The number of hydrogen-bond donors (Lipinski definition) is 2. The number of aryl methyl sites for hydroxylation is 1. The monoisotopic (exact) mass is 574 g/mol. The first-order chi connectivity index (χ1) is 20.6. The van der Waals surface area contributed by atoms with Crippen molar-refractivity contribution in [2.45, 2.75) is 51.1 Å². The van der Waals surface area contributed by atoms with Crippen molar-refractivity contribution >= 4 is 28.4 Å². The van der Waals surface area contributed by atoms with Crippen molar-refractivity contribution in [3.63, 3.8) is 0 Å². The SMILES string of the molecule is CCc1nc2c(NC)ncc(-c3ccc(N4CCC(N5CCN(C)CC5)CC4)c(OC)c3)c2nc1NC1CCCOC1. The molecule has 5 heterocycles. The van der Waals surface area contributed by atoms with Gasteiger partial charge in [0.2, 0.25) is 0 Å². The molecule has 6 rings (SSSR count). The Labute approximate surface area is 249 Å². The van der Waals surface area contributed by atoms with E-state index in [1.807, 2.05) is 13.2 Å². The summed E-state index contributed by atoms with van der Waals surface area (Å²) in [6.45, 7) is 10.4. The number of aromatic nitrogens is 3. The predicted molar refractivity (Wildman–Crippen MR) is 170 cm³/mol. The summed E-state index contributed by atoms with van der Waals surface area (Å²) in [6.07, 6.45) is 7.17. The molecule has 1 aromatic carbocycles. The fourth-order valence-corrected chi connectivity index (χ4v) is 6.64. The summed E-state index contributed by atoms with van der Waals surface area (Å²) >= 11 is 0. The number of benzene rings is 1. The van der Waals surface area contributed by atoms with Gasteiger partial charge in [-0.05, 0) is 56.8 Å². The molecule has 42 heavy (non-hydrogen) atoms. The number of pyridine rings is 1. The third-order valence-electron chi connectivity index (χ3n) is 9.19. The quantitative estimate of drug-likeness (QED) is 0.410. The van der Waals surface area contributed by atoms with E-state index in [9.17, 15) is 0 Å². The zero-order valence-corrected chi connectivity index (χ0v) is 25.7. The Kier molecular flexibility index (Phi) is 8.92. The Morgan fingerprint density at radius 1 is 1.00 bits per heavy atom. The molecule has 0 spiro atoms. The topological polar surface area (TPSA) is 90.9 Å². The van der Waals surface area contributed by atoms with E-state index in [0.29, 0.717) is 12.6 Å². The number of methoxy groups -OCH3 is 1. The lowest BCUT2D eigenvalue weighted by Gasteiger charge is -2.42. The molecule has 0 radical (unpaired) electrons. The minimum absolute atomic E-state index is 0.240. The number of piperazine rings is 1. The van der Waals surface area contributed by atoms with Gasteiger partial charge in [0.15, 0.2) is 5.82 Å². The molecule has 3 aromatic rings. The molecule has 3 saturated heterocycles. The molecule has 10 heteroatoms. The van der Waals surface area contributed by atoms with Crippen LogP contribution < -0.4 is 20.3 Å². The van der Waals surface area contributed by atoms with Crippen LogP contribution in [0.2, 0.25) is 0 Å². The summed E-state index contributed by atoms with van der Waals surface area (Å²) in [7, 11) is 5.87. The standard InChI is InChI=1S/C32H46N8O2/c1-5-26-31(35-23-7-6-18-42-21-23)37-29-25(20-34-32(33-2)30(29)36-26)22-8-9-27(28(19-22)41-4)40-12-10-24(11-13-40)39-16-14-38(3)15-17-39/h8-9,19-20,23-24H,5-7,10-18,21H2,1-4H3,(H,33,34)(H,35,37). The molecule has 226 valence electrons. The van der Waals surface area contributed by atoms with Gasteiger partial charge in [0.1, 0.15) is 22.6 Å². The first-order valence-electron chi connectivity index (χ1n) is 15.7. The molecule has 0 saturated carbocycles. The number of piperidine rings is 1. The summed E-state index contributed by atoms with van der Waals surface area (Å²) in [6, 6.07) is 7.43. The van der Waals surface area contributed by atoms with Crippen LogP contribution in [0.4, 0.5) is 17.3 Å². The molecule has 0 aliphatic carbocycles. The van der Waals surface area contributed by atoms with Gasteiger partial charge >= 0.3 is 0 Å². The fraction of sp³-hybridized carbons (Fsp3) is 0.594. The minimum Gasteiger partial charge on any atom is -0.495 e. The van der Waals surface area contributed by atoms with Crippen molar-refractivity contribution < 1.29 is 9.47 Å². The van der Waals surface area contributed by atoms with E-state index in [1.54, 1.807) is 7.11 Å². The second kappa shape index (κ2) is 13.0. The van der Waals surface area contributed by atoms with E-state index in [4.69, 9.17) is 24.4 Å². The van der Waals surface area contributed by atoms with E-state index in [1.165, 1.54) is 39.0 Å². The lowest BCUT2D eigenvalue weighted by atomic mass is 10.00. The number of anilines is 3. The smallest absolute Gasteiger partial charge is 0.153 e. The van der Waals surface area contributed by atoms with Gasteiger partial charge in [-0.15, -0.1) is 0 Å². The summed E-state index contributed by atoms with van der Waals surface area (Å²) < 4.78 is 11.7. The largest absolute Gasteiger partial charge is 0.495 e. The van der Waals surface area contributed by atoms with Crippen LogP contribution in [-0.4, -0.2) is 111 Å². The fourth-order valence-electron chi connectivity index (χ4n) is 6.64. The third-order valence-corrected chi connectivity index (χ3v) is 9.19. The van der Waals surface area contributed by atoms with Crippen LogP contribution in [0.1, 0.15) is 38.3 Å². The highest BCUT2D eigenvalue weighted by Gasteiger charge is 2.28. The predicted octanol–water partition coefficient (Wildman–Crippen LogP) is 4.11. The van der Waals surface area contributed by atoms with Crippen LogP contribution in [-0.2, 0) is 11.2 Å². The van der Waals surface area contributed by atoms with E-state index >= 15 is 0 Å². The van der Waals surface area contributed by atoms with Crippen molar-refractivity contribution in [3.05, 3.63) is 30.1 Å². The number of rotatable bonds is 8. The van der Waals surface area contributed by atoms with Crippen molar-refractivity contribution in [2.24, 2.45) is 0 Å². The lowest BCUT2D eigenvalue weighted by molar-refractivity contribution is 0.0875. The van der Waals surface area contributed by atoms with E-state index < -0.39 is 0 Å². The van der Waals surface area contributed by atoms with Gasteiger partial charge in [-0.3, -0.25) is 4.90 Å². The van der Waals surface area contributed by atoms with Gasteiger partial charge in [-0.1, -0.05) is 13.0 Å². The maximum absolute atomic E-state index is 5.98. The Bertz CT molecular complexity index is 1360.